The molecule has 1 aromatic rings. The predicted molar refractivity (Wildman–Crippen MR) is 67.2 cm³/mol. The second-order valence-corrected chi connectivity index (χ2v) is 4.24. The normalized spacial score (nSPS) is 10.2. The summed E-state index contributed by atoms with van der Waals surface area (Å²) in [6.45, 7) is 3.05. The van der Waals surface area contributed by atoms with E-state index in [4.69, 9.17) is 5.26 Å². The van der Waals surface area contributed by atoms with Gasteiger partial charge in [0.15, 0.2) is 0 Å². The summed E-state index contributed by atoms with van der Waals surface area (Å²) < 4.78 is 4.57. The molecule has 0 bridgehead atoms. The van der Waals surface area contributed by atoms with Crippen LogP contribution in [0.4, 0.5) is 10.5 Å². The van der Waals surface area contributed by atoms with Crippen molar-refractivity contribution in [1.82, 2.24) is 10.3 Å². The number of carbonyl (C=O) groups excluding carboxylic acids is 2. The number of carbonyl (C=O) groups is 2. The van der Waals surface area contributed by atoms with Crippen molar-refractivity contribution < 1.29 is 14.3 Å². The third-order valence-corrected chi connectivity index (χ3v) is 2.26. The Balaban J connectivity index is 2.65. The van der Waals surface area contributed by atoms with Gasteiger partial charge >= 0.3 is 12.0 Å². The first kappa shape index (κ1) is 14.4. The number of anilines is 1. The van der Waals surface area contributed by atoms with E-state index >= 15 is 0 Å². The van der Waals surface area contributed by atoms with Gasteiger partial charge in [0.2, 0.25) is 0 Å². The van der Waals surface area contributed by atoms with Crippen LogP contribution < -0.4 is 10.6 Å². The van der Waals surface area contributed by atoms with Crippen LogP contribution in [0, 0.1) is 11.3 Å². The summed E-state index contributed by atoms with van der Waals surface area (Å²) in [5, 5.41) is 13.6. The van der Waals surface area contributed by atoms with E-state index in [2.05, 4.69) is 20.4 Å². The van der Waals surface area contributed by atoms with E-state index in [0.717, 1.165) is 0 Å². The molecule has 19 heavy (non-hydrogen) atoms. The lowest BCUT2D eigenvalue weighted by atomic mass is 10.1. The zero-order valence-electron chi connectivity index (χ0n) is 10.9. The van der Waals surface area contributed by atoms with Crippen molar-refractivity contribution in [3.05, 3.63) is 24.0 Å². The van der Waals surface area contributed by atoms with E-state index in [1.165, 1.54) is 39.3 Å². The molecule has 7 heteroatoms. The quantitative estimate of drug-likeness (QED) is 0.791. The zero-order valence-corrected chi connectivity index (χ0v) is 10.9. The first-order chi connectivity index (χ1) is 8.89. The van der Waals surface area contributed by atoms with Crippen LogP contribution in [-0.2, 0) is 9.53 Å². The van der Waals surface area contributed by atoms with E-state index in [1.54, 1.807) is 0 Å². The van der Waals surface area contributed by atoms with Crippen molar-refractivity contribution >= 4 is 17.7 Å². The van der Waals surface area contributed by atoms with E-state index in [0.29, 0.717) is 5.69 Å². The second-order valence-electron chi connectivity index (χ2n) is 4.24. The number of hydrogen-bond donors (Lipinski definition) is 2. The number of hydrogen-bond acceptors (Lipinski definition) is 5. The van der Waals surface area contributed by atoms with E-state index in [1.807, 2.05) is 6.07 Å². The number of nitrogens with one attached hydrogen (secondary N) is 2. The first-order valence-electron chi connectivity index (χ1n) is 5.43. The lowest BCUT2D eigenvalue weighted by Gasteiger charge is -2.23. The fourth-order valence-corrected chi connectivity index (χ4v) is 1.29. The minimum absolute atomic E-state index is 0.251. The Morgan fingerprint density at radius 3 is 2.58 bits per heavy atom. The summed E-state index contributed by atoms with van der Waals surface area (Å²) in [5.74, 6) is -0.555. The number of ether oxygens (including phenoxy) is 1. The number of nitrogens with zero attached hydrogens (tertiary/aromatic N) is 2. The maximum atomic E-state index is 11.7. The number of methoxy groups -OCH3 is 1. The van der Waals surface area contributed by atoms with Gasteiger partial charge in [0.1, 0.15) is 17.3 Å². The van der Waals surface area contributed by atoms with Crippen LogP contribution >= 0.6 is 0 Å². The fourth-order valence-electron chi connectivity index (χ4n) is 1.29. The predicted octanol–water partition coefficient (Wildman–Crippen LogP) is 1.03. The molecule has 0 aromatic carbocycles. The Kier molecular flexibility index (Phi) is 4.42. The Labute approximate surface area is 110 Å². The number of esters is 1. The molecule has 0 radical (unpaired) electrons. The van der Waals surface area contributed by atoms with Gasteiger partial charge in [-0.1, -0.05) is 0 Å². The fraction of sp³-hybridized carbons (Fsp3) is 0.333. The van der Waals surface area contributed by atoms with Crippen molar-refractivity contribution in [2.45, 2.75) is 19.4 Å². The minimum Gasteiger partial charge on any atom is -0.467 e. The lowest BCUT2D eigenvalue weighted by Crippen LogP contribution is -2.51. The molecule has 0 fully saturated rings. The van der Waals surface area contributed by atoms with Gasteiger partial charge in [0, 0.05) is 0 Å². The molecule has 0 saturated heterocycles. The topological polar surface area (TPSA) is 104 Å². The van der Waals surface area contributed by atoms with Crippen molar-refractivity contribution in [2.24, 2.45) is 0 Å². The molecule has 0 unspecified atom stereocenters. The summed E-state index contributed by atoms with van der Waals surface area (Å²) in [5.41, 5.74) is -0.475. The molecule has 2 N–H and O–H groups in total. The van der Waals surface area contributed by atoms with Gasteiger partial charge < -0.3 is 15.4 Å². The molecular weight excluding hydrogens is 248 g/mol. The summed E-state index contributed by atoms with van der Waals surface area (Å²) in [4.78, 5) is 26.9. The van der Waals surface area contributed by atoms with Gasteiger partial charge in [-0.2, -0.15) is 5.26 Å². The maximum Gasteiger partial charge on any atom is 0.331 e. The van der Waals surface area contributed by atoms with Gasteiger partial charge in [-0.05, 0) is 26.0 Å². The van der Waals surface area contributed by atoms with Gasteiger partial charge in [-0.25, -0.2) is 14.6 Å². The first-order valence-corrected chi connectivity index (χ1v) is 5.43. The average Bonchev–Trinajstić information content (AvgIpc) is 2.37. The molecule has 1 aromatic heterocycles. The summed E-state index contributed by atoms with van der Waals surface area (Å²) in [6.07, 6.45) is 1.35. The second kappa shape index (κ2) is 5.82. The molecule has 2 amide bonds. The minimum atomic E-state index is -1.14. The van der Waals surface area contributed by atoms with Gasteiger partial charge in [0.25, 0.3) is 0 Å². The summed E-state index contributed by atoms with van der Waals surface area (Å²) in [7, 11) is 1.24. The lowest BCUT2D eigenvalue weighted by molar-refractivity contribution is -0.146. The zero-order chi connectivity index (χ0) is 14.5. The number of urea groups is 1. The Morgan fingerprint density at radius 1 is 1.42 bits per heavy atom. The molecule has 0 atom stereocenters. The molecule has 7 nitrogen and oxygen atoms in total. The Hall–Kier alpha value is -2.62. The number of pyridine rings is 1. The van der Waals surface area contributed by atoms with Gasteiger partial charge in [0.05, 0.1) is 19.0 Å². The molecule has 0 aliphatic carbocycles. The molecule has 0 spiro atoms. The van der Waals surface area contributed by atoms with Crippen molar-refractivity contribution in [1.29, 1.82) is 5.26 Å². The van der Waals surface area contributed by atoms with Crippen LogP contribution in [0.3, 0.4) is 0 Å². The van der Waals surface area contributed by atoms with Crippen LogP contribution in [0.5, 0.6) is 0 Å². The average molecular weight is 262 g/mol. The molecular formula is C12H14N4O3. The van der Waals surface area contributed by atoms with E-state index in [9.17, 15) is 9.59 Å². The maximum absolute atomic E-state index is 11.7. The molecule has 1 heterocycles. The Morgan fingerprint density at radius 2 is 2.11 bits per heavy atom. The molecule has 100 valence electrons. The van der Waals surface area contributed by atoms with E-state index < -0.39 is 17.5 Å². The molecule has 0 aliphatic rings. The van der Waals surface area contributed by atoms with Crippen LogP contribution in [0.15, 0.2) is 18.3 Å². The van der Waals surface area contributed by atoms with Crippen LogP contribution in [-0.4, -0.2) is 29.6 Å². The highest BCUT2D eigenvalue weighted by molar-refractivity contribution is 5.93. The monoisotopic (exact) mass is 262 g/mol. The number of rotatable bonds is 3. The third-order valence-electron chi connectivity index (χ3n) is 2.26. The van der Waals surface area contributed by atoms with Crippen LogP contribution in [0.2, 0.25) is 0 Å². The summed E-state index contributed by atoms with van der Waals surface area (Å²) >= 11 is 0. The summed E-state index contributed by atoms with van der Waals surface area (Å²) in [6, 6.07) is 4.31. The molecule has 1 rings (SSSR count). The van der Waals surface area contributed by atoms with Crippen molar-refractivity contribution in [3.8, 4) is 6.07 Å². The highest BCUT2D eigenvalue weighted by atomic mass is 16.5. The number of nitriles is 1. The third kappa shape index (κ3) is 3.96. The molecule has 0 aliphatic heterocycles. The van der Waals surface area contributed by atoms with Crippen LogP contribution in [0.1, 0.15) is 19.5 Å². The van der Waals surface area contributed by atoms with Crippen molar-refractivity contribution in [3.63, 3.8) is 0 Å². The van der Waals surface area contributed by atoms with Gasteiger partial charge in [-0.3, -0.25) is 0 Å². The number of aromatic nitrogens is 1. The highest BCUT2D eigenvalue weighted by Crippen LogP contribution is 2.08. The Bertz CT molecular complexity index is 517. The van der Waals surface area contributed by atoms with Crippen LogP contribution in [0.25, 0.3) is 0 Å². The largest absolute Gasteiger partial charge is 0.467 e. The molecule has 0 saturated carbocycles. The van der Waals surface area contributed by atoms with Crippen molar-refractivity contribution in [2.75, 3.05) is 12.4 Å². The number of amides is 2. The van der Waals surface area contributed by atoms with E-state index in [-0.39, 0.29) is 5.69 Å². The SMILES string of the molecule is COC(=O)C(C)(C)NC(=O)Nc1ccc(C#N)nc1. The van der Waals surface area contributed by atoms with Gasteiger partial charge in [-0.15, -0.1) is 0 Å². The standard InChI is InChI=1S/C12H14N4O3/c1-12(2,10(17)19-3)16-11(18)15-9-5-4-8(6-13)14-7-9/h4-5,7H,1-3H3,(H2,15,16,18). The highest BCUT2D eigenvalue weighted by Gasteiger charge is 2.30. The smallest absolute Gasteiger partial charge is 0.331 e.